The molecule has 5 heteroatoms. The summed E-state index contributed by atoms with van der Waals surface area (Å²) in [6.07, 6.45) is 3.23. The number of carbonyl (C=O) groups is 1. The normalized spacial score (nSPS) is 13.7. The highest BCUT2D eigenvalue weighted by molar-refractivity contribution is 6.61. The Balaban J connectivity index is 1.78. The van der Waals surface area contributed by atoms with Gasteiger partial charge < -0.3 is 9.68 Å². The first kappa shape index (κ1) is 14.1. The summed E-state index contributed by atoms with van der Waals surface area (Å²) >= 11 is 5.79. The summed E-state index contributed by atoms with van der Waals surface area (Å²) in [6, 6.07) is 12.4. The molecule has 1 heterocycles. The summed E-state index contributed by atoms with van der Waals surface area (Å²) in [4.78, 5) is 12.0. The fourth-order valence-corrected chi connectivity index (χ4v) is 2.35. The van der Waals surface area contributed by atoms with Crippen molar-refractivity contribution in [1.82, 2.24) is 0 Å². The van der Waals surface area contributed by atoms with Crippen LogP contribution in [-0.2, 0) is 11.3 Å². The van der Waals surface area contributed by atoms with E-state index >= 15 is 0 Å². The Hall–Kier alpha value is -1.88. The third-order valence-electron chi connectivity index (χ3n) is 3.39. The molecule has 1 aliphatic rings. The van der Waals surface area contributed by atoms with E-state index in [1.165, 1.54) is 6.08 Å². The van der Waals surface area contributed by atoms with Crippen molar-refractivity contribution in [1.29, 1.82) is 0 Å². The number of ketones is 1. The predicted octanol–water partition coefficient (Wildman–Crippen LogP) is 2.45. The molecule has 0 aliphatic carbocycles. The number of rotatable bonds is 3. The van der Waals surface area contributed by atoms with E-state index in [1.807, 2.05) is 18.2 Å². The van der Waals surface area contributed by atoms with Crippen molar-refractivity contribution in [2.45, 2.75) is 6.61 Å². The van der Waals surface area contributed by atoms with Crippen LogP contribution in [0.5, 0.6) is 0 Å². The molecular weight excluding hydrogens is 286 g/mol. The average molecular weight is 299 g/mol. The fraction of sp³-hybridized carbons (Fsp3) is 0.0625. The highest BCUT2D eigenvalue weighted by atomic mass is 35.5. The molecule has 1 N–H and O–H groups in total. The molecule has 0 unspecified atom stereocenters. The van der Waals surface area contributed by atoms with Crippen LogP contribution in [0.1, 0.15) is 21.5 Å². The summed E-state index contributed by atoms with van der Waals surface area (Å²) in [5, 5.41) is 10.3. The van der Waals surface area contributed by atoms with Crippen LogP contribution in [0.4, 0.5) is 0 Å². The molecule has 104 valence electrons. The van der Waals surface area contributed by atoms with Gasteiger partial charge in [-0.3, -0.25) is 4.79 Å². The van der Waals surface area contributed by atoms with Gasteiger partial charge in [0.2, 0.25) is 0 Å². The number of halogens is 1. The minimum atomic E-state index is -0.875. The summed E-state index contributed by atoms with van der Waals surface area (Å²) in [5.41, 5.74) is 3.17. The lowest BCUT2D eigenvalue weighted by atomic mass is 9.79. The number of benzene rings is 2. The Labute approximate surface area is 128 Å². The molecule has 0 radical (unpaired) electrons. The average Bonchev–Trinajstić information content (AvgIpc) is 2.87. The highest BCUT2D eigenvalue weighted by Gasteiger charge is 2.26. The maximum absolute atomic E-state index is 12.0. The van der Waals surface area contributed by atoms with Crippen LogP contribution < -0.4 is 5.46 Å². The smallest absolute Gasteiger partial charge is 0.423 e. The van der Waals surface area contributed by atoms with Crippen molar-refractivity contribution in [2.75, 3.05) is 0 Å². The van der Waals surface area contributed by atoms with Crippen LogP contribution in [0.2, 0.25) is 5.02 Å². The minimum absolute atomic E-state index is 0.0936. The second kappa shape index (κ2) is 5.86. The van der Waals surface area contributed by atoms with Gasteiger partial charge in [-0.15, -0.1) is 0 Å². The van der Waals surface area contributed by atoms with Crippen LogP contribution in [-0.4, -0.2) is 17.9 Å². The zero-order valence-corrected chi connectivity index (χ0v) is 11.9. The molecule has 3 nitrogen and oxygen atoms in total. The molecule has 1 aliphatic heterocycles. The van der Waals surface area contributed by atoms with E-state index in [4.69, 9.17) is 16.3 Å². The molecule has 21 heavy (non-hydrogen) atoms. The molecule has 0 amide bonds. The number of hydrogen-bond acceptors (Lipinski definition) is 3. The Morgan fingerprint density at radius 2 is 2.00 bits per heavy atom. The fourth-order valence-electron chi connectivity index (χ4n) is 2.22. The second-order valence-corrected chi connectivity index (χ2v) is 5.26. The summed E-state index contributed by atoms with van der Waals surface area (Å²) in [5.74, 6) is -0.0936. The maximum atomic E-state index is 12.0. The first-order valence-electron chi connectivity index (χ1n) is 6.54. The van der Waals surface area contributed by atoms with E-state index in [9.17, 15) is 9.82 Å². The van der Waals surface area contributed by atoms with Gasteiger partial charge in [-0.25, -0.2) is 0 Å². The van der Waals surface area contributed by atoms with E-state index in [2.05, 4.69) is 0 Å². The van der Waals surface area contributed by atoms with Crippen LogP contribution in [0.25, 0.3) is 6.08 Å². The predicted molar refractivity (Wildman–Crippen MR) is 83.7 cm³/mol. The third kappa shape index (κ3) is 3.08. The van der Waals surface area contributed by atoms with E-state index in [1.54, 1.807) is 30.3 Å². The molecule has 0 fully saturated rings. The van der Waals surface area contributed by atoms with Crippen molar-refractivity contribution in [3.8, 4) is 0 Å². The molecule has 2 aromatic rings. The van der Waals surface area contributed by atoms with Gasteiger partial charge in [-0.1, -0.05) is 35.9 Å². The Morgan fingerprint density at radius 1 is 1.24 bits per heavy atom. The summed E-state index contributed by atoms with van der Waals surface area (Å²) < 4.78 is 5.14. The van der Waals surface area contributed by atoms with Crippen molar-refractivity contribution in [3.05, 3.63) is 70.3 Å². The van der Waals surface area contributed by atoms with Gasteiger partial charge in [-0.05, 0) is 46.9 Å². The molecule has 3 rings (SSSR count). The van der Waals surface area contributed by atoms with E-state index < -0.39 is 7.12 Å². The summed E-state index contributed by atoms with van der Waals surface area (Å²) in [7, 11) is -0.875. The molecular formula is C16H12BClO3. The lowest BCUT2D eigenvalue weighted by Gasteiger charge is -2.00. The van der Waals surface area contributed by atoms with Gasteiger partial charge in [0, 0.05) is 10.6 Å². The largest absolute Gasteiger partial charge is 0.491 e. The maximum Gasteiger partial charge on any atom is 0.491 e. The van der Waals surface area contributed by atoms with Crippen LogP contribution in [0.3, 0.4) is 0 Å². The lowest BCUT2D eigenvalue weighted by Crippen LogP contribution is -2.28. The van der Waals surface area contributed by atoms with Crippen LogP contribution >= 0.6 is 11.6 Å². The highest BCUT2D eigenvalue weighted by Crippen LogP contribution is 2.14. The first-order valence-corrected chi connectivity index (χ1v) is 6.92. The minimum Gasteiger partial charge on any atom is -0.423 e. The number of fused-ring (bicyclic) bond motifs is 1. The van der Waals surface area contributed by atoms with Crippen LogP contribution in [0.15, 0.2) is 48.5 Å². The Morgan fingerprint density at radius 3 is 2.76 bits per heavy atom. The second-order valence-electron chi connectivity index (χ2n) is 4.83. The molecule has 2 aromatic carbocycles. The standard InChI is InChI=1S/C16H12BClO3/c18-14-6-4-12(5-7-14)16(19)8-2-11-1-3-13-10-21-17(20)15(13)9-11/h1-9,20H,10H2/b8-2+. The molecule has 0 bridgehead atoms. The number of allylic oxidation sites excluding steroid dienone is 1. The first-order chi connectivity index (χ1) is 10.1. The molecule has 0 atom stereocenters. The van der Waals surface area contributed by atoms with Crippen molar-refractivity contribution >= 4 is 36.0 Å². The van der Waals surface area contributed by atoms with Gasteiger partial charge in [-0.2, -0.15) is 0 Å². The Kier molecular flexibility index (Phi) is 3.93. The van der Waals surface area contributed by atoms with E-state index in [0.29, 0.717) is 17.2 Å². The van der Waals surface area contributed by atoms with E-state index in [0.717, 1.165) is 16.6 Å². The quantitative estimate of drug-likeness (QED) is 0.538. The monoisotopic (exact) mass is 298 g/mol. The van der Waals surface area contributed by atoms with Crippen molar-refractivity contribution in [2.24, 2.45) is 0 Å². The van der Waals surface area contributed by atoms with Gasteiger partial charge in [0.25, 0.3) is 0 Å². The van der Waals surface area contributed by atoms with Gasteiger partial charge in [0.05, 0.1) is 6.61 Å². The zero-order valence-electron chi connectivity index (χ0n) is 11.1. The zero-order chi connectivity index (χ0) is 14.8. The molecule has 0 saturated carbocycles. The van der Waals surface area contributed by atoms with Crippen molar-refractivity contribution in [3.63, 3.8) is 0 Å². The van der Waals surface area contributed by atoms with Gasteiger partial charge >= 0.3 is 7.12 Å². The van der Waals surface area contributed by atoms with Gasteiger partial charge in [0.15, 0.2) is 5.78 Å². The molecule has 0 aromatic heterocycles. The number of carbonyl (C=O) groups excluding carboxylic acids is 1. The van der Waals surface area contributed by atoms with Crippen LogP contribution in [0, 0.1) is 0 Å². The summed E-state index contributed by atoms with van der Waals surface area (Å²) in [6.45, 7) is 0.421. The number of hydrogen-bond donors (Lipinski definition) is 1. The SMILES string of the molecule is O=C(/C=C/c1ccc2c(c1)B(O)OC2)c1ccc(Cl)cc1. The van der Waals surface area contributed by atoms with Crippen molar-refractivity contribution < 1.29 is 14.5 Å². The third-order valence-corrected chi connectivity index (χ3v) is 3.64. The Bertz CT molecular complexity index is 710. The van der Waals surface area contributed by atoms with E-state index in [-0.39, 0.29) is 5.78 Å². The molecule has 0 spiro atoms. The topological polar surface area (TPSA) is 46.5 Å². The van der Waals surface area contributed by atoms with Gasteiger partial charge in [0.1, 0.15) is 0 Å². The lowest BCUT2D eigenvalue weighted by molar-refractivity contribution is 0.104. The molecule has 0 saturated heterocycles.